The fraction of sp³-hybridized carbons (Fsp3) is 0.714. The Balaban J connectivity index is 2.30. The van der Waals surface area contributed by atoms with Gasteiger partial charge in [0.1, 0.15) is 0 Å². The van der Waals surface area contributed by atoms with Crippen LogP contribution >= 0.6 is 12.6 Å². The monoisotopic (exact) mass is 174 g/mol. The third-order valence-electron chi connectivity index (χ3n) is 1.84. The van der Waals surface area contributed by atoms with Gasteiger partial charge in [0.15, 0.2) is 9.04 Å². The first-order chi connectivity index (χ1) is 4.84. The van der Waals surface area contributed by atoms with E-state index in [1.54, 1.807) is 0 Å². The molecule has 3 heteroatoms. The minimum Gasteiger partial charge on any atom is -0.419 e. The van der Waals surface area contributed by atoms with Crippen molar-refractivity contribution in [2.45, 2.75) is 23.8 Å². The van der Waals surface area contributed by atoms with E-state index in [-0.39, 0.29) is 0 Å². The van der Waals surface area contributed by atoms with Crippen molar-refractivity contribution in [3.63, 3.8) is 0 Å². The zero-order chi connectivity index (χ0) is 7.40. The highest BCUT2D eigenvalue weighted by Gasteiger charge is 2.21. The highest BCUT2D eigenvalue weighted by Crippen LogP contribution is 2.16. The van der Waals surface area contributed by atoms with Crippen LogP contribution in [0.5, 0.6) is 0 Å². The summed E-state index contributed by atoms with van der Waals surface area (Å²) in [4.78, 5) is 0.361. The van der Waals surface area contributed by atoms with Gasteiger partial charge >= 0.3 is 0 Å². The van der Waals surface area contributed by atoms with Gasteiger partial charge in [-0.15, -0.1) is 6.58 Å². The second-order valence-corrected chi connectivity index (χ2v) is 6.49. The molecule has 58 valence electrons. The molecule has 0 bridgehead atoms. The van der Waals surface area contributed by atoms with E-state index in [1.165, 1.54) is 18.9 Å². The minimum atomic E-state index is -0.974. The zero-order valence-corrected chi connectivity index (χ0v) is 8.17. The SMILES string of the molecule is C=CC(S)[SiH]1CCCCO1. The van der Waals surface area contributed by atoms with Gasteiger partial charge in [-0.25, -0.2) is 0 Å². The van der Waals surface area contributed by atoms with Gasteiger partial charge < -0.3 is 4.43 Å². The van der Waals surface area contributed by atoms with Gasteiger partial charge in [-0.1, -0.05) is 12.5 Å². The van der Waals surface area contributed by atoms with Crippen molar-refractivity contribution >= 4 is 21.7 Å². The van der Waals surface area contributed by atoms with Crippen LogP contribution in [0.4, 0.5) is 0 Å². The summed E-state index contributed by atoms with van der Waals surface area (Å²) in [6, 6.07) is 1.28. The van der Waals surface area contributed by atoms with E-state index in [9.17, 15) is 0 Å². The predicted octanol–water partition coefficient (Wildman–Crippen LogP) is 1.54. The Morgan fingerprint density at radius 3 is 2.90 bits per heavy atom. The lowest BCUT2D eigenvalue weighted by molar-refractivity contribution is 0.287. The molecule has 0 spiro atoms. The number of thiol groups is 1. The molecule has 1 fully saturated rings. The molecule has 1 aliphatic rings. The van der Waals surface area contributed by atoms with Gasteiger partial charge in [-0.2, -0.15) is 12.6 Å². The first-order valence-electron chi connectivity index (χ1n) is 3.77. The van der Waals surface area contributed by atoms with Crippen LogP contribution in [0.15, 0.2) is 12.7 Å². The number of rotatable bonds is 2. The standard InChI is InChI=1S/C7H14OSSi/c1-2-7(9)10-6-4-3-5-8-10/h2,7,9-10H,1,3-6H2. The molecule has 1 aliphatic heterocycles. The van der Waals surface area contributed by atoms with E-state index < -0.39 is 9.04 Å². The average molecular weight is 174 g/mol. The largest absolute Gasteiger partial charge is 0.419 e. The summed E-state index contributed by atoms with van der Waals surface area (Å²) in [5.74, 6) is 0. The Morgan fingerprint density at radius 2 is 2.40 bits per heavy atom. The Kier molecular flexibility index (Phi) is 3.52. The fourth-order valence-electron chi connectivity index (χ4n) is 1.19. The highest BCUT2D eigenvalue weighted by atomic mass is 32.1. The second kappa shape index (κ2) is 4.21. The molecule has 0 N–H and O–H groups in total. The summed E-state index contributed by atoms with van der Waals surface area (Å²) in [6.45, 7) is 4.67. The van der Waals surface area contributed by atoms with E-state index in [0.29, 0.717) is 4.87 Å². The Morgan fingerprint density at radius 1 is 1.60 bits per heavy atom. The molecule has 0 aromatic rings. The van der Waals surface area contributed by atoms with Crippen molar-refractivity contribution in [3.05, 3.63) is 12.7 Å². The fourth-order valence-corrected chi connectivity index (χ4v) is 4.06. The molecule has 10 heavy (non-hydrogen) atoms. The summed E-state index contributed by atoms with van der Waals surface area (Å²) in [5, 5.41) is 0. The van der Waals surface area contributed by atoms with Crippen LogP contribution in [0.3, 0.4) is 0 Å². The summed E-state index contributed by atoms with van der Waals surface area (Å²) in [7, 11) is -0.974. The van der Waals surface area contributed by atoms with Gasteiger partial charge in [0.05, 0.1) is 0 Å². The molecule has 0 aliphatic carbocycles. The van der Waals surface area contributed by atoms with Crippen LogP contribution in [-0.2, 0) is 4.43 Å². The molecule has 1 nitrogen and oxygen atoms in total. The van der Waals surface area contributed by atoms with E-state index in [0.717, 1.165) is 6.61 Å². The van der Waals surface area contributed by atoms with Crippen LogP contribution in [0.2, 0.25) is 6.04 Å². The highest BCUT2D eigenvalue weighted by molar-refractivity contribution is 7.83. The van der Waals surface area contributed by atoms with Gasteiger partial charge in [0.2, 0.25) is 0 Å². The van der Waals surface area contributed by atoms with Gasteiger partial charge in [0.25, 0.3) is 0 Å². The summed E-state index contributed by atoms with van der Waals surface area (Å²) in [6.07, 6.45) is 4.48. The molecule has 2 atom stereocenters. The molecule has 1 saturated heterocycles. The van der Waals surface area contributed by atoms with Crippen molar-refractivity contribution in [1.82, 2.24) is 0 Å². The maximum Gasteiger partial charge on any atom is 0.193 e. The Bertz CT molecular complexity index is 112. The maximum atomic E-state index is 5.62. The average Bonchev–Trinajstić information content (AvgIpc) is 2.05. The third-order valence-corrected chi connectivity index (χ3v) is 5.72. The zero-order valence-electron chi connectivity index (χ0n) is 6.12. The van der Waals surface area contributed by atoms with Crippen LogP contribution in [0.1, 0.15) is 12.8 Å². The molecule has 0 aromatic carbocycles. The molecular weight excluding hydrogens is 160 g/mol. The van der Waals surface area contributed by atoms with E-state index in [2.05, 4.69) is 19.2 Å². The van der Waals surface area contributed by atoms with Crippen molar-refractivity contribution in [3.8, 4) is 0 Å². The Hall–Kier alpha value is 0.267. The summed E-state index contributed by atoms with van der Waals surface area (Å²) in [5.41, 5.74) is 0. The van der Waals surface area contributed by atoms with Crippen molar-refractivity contribution in [2.24, 2.45) is 0 Å². The maximum absolute atomic E-state index is 5.62. The van der Waals surface area contributed by atoms with Crippen molar-refractivity contribution < 1.29 is 4.43 Å². The molecule has 0 aromatic heterocycles. The molecule has 0 saturated carbocycles. The minimum absolute atomic E-state index is 0.361. The van der Waals surface area contributed by atoms with Gasteiger partial charge in [0, 0.05) is 11.5 Å². The molecule has 1 heterocycles. The normalized spacial score (nSPS) is 29.5. The second-order valence-electron chi connectivity index (χ2n) is 2.63. The molecule has 2 unspecified atom stereocenters. The molecule has 0 radical (unpaired) electrons. The van der Waals surface area contributed by atoms with Crippen molar-refractivity contribution in [1.29, 1.82) is 0 Å². The van der Waals surface area contributed by atoms with E-state index in [4.69, 9.17) is 4.43 Å². The topological polar surface area (TPSA) is 9.23 Å². The van der Waals surface area contributed by atoms with E-state index >= 15 is 0 Å². The molecular formula is C7H14OSSi. The van der Waals surface area contributed by atoms with Crippen LogP contribution in [-0.4, -0.2) is 20.5 Å². The lowest BCUT2D eigenvalue weighted by atomic mass is 10.4. The third kappa shape index (κ3) is 2.14. The molecule has 0 amide bonds. The predicted molar refractivity (Wildman–Crippen MR) is 50.1 cm³/mol. The number of hydrogen-bond donors (Lipinski definition) is 1. The number of hydrogen-bond acceptors (Lipinski definition) is 2. The smallest absolute Gasteiger partial charge is 0.193 e. The summed E-state index contributed by atoms with van der Waals surface area (Å²) >= 11 is 4.39. The first-order valence-corrected chi connectivity index (χ1v) is 6.24. The van der Waals surface area contributed by atoms with Crippen LogP contribution < -0.4 is 0 Å². The quantitative estimate of drug-likeness (QED) is 0.380. The van der Waals surface area contributed by atoms with Gasteiger partial charge in [-0.05, 0) is 12.5 Å². The first kappa shape index (κ1) is 8.36. The van der Waals surface area contributed by atoms with Crippen LogP contribution in [0, 0.1) is 0 Å². The lowest BCUT2D eigenvalue weighted by Crippen LogP contribution is -2.32. The van der Waals surface area contributed by atoms with Gasteiger partial charge in [-0.3, -0.25) is 0 Å². The molecule has 1 rings (SSSR count). The van der Waals surface area contributed by atoms with E-state index in [1.807, 2.05) is 6.08 Å². The summed E-state index contributed by atoms with van der Waals surface area (Å²) < 4.78 is 5.62. The van der Waals surface area contributed by atoms with Crippen molar-refractivity contribution in [2.75, 3.05) is 6.61 Å². The van der Waals surface area contributed by atoms with Crippen LogP contribution in [0.25, 0.3) is 0 Å². The Labute approximate surface area is 69.6 Å². The lowest BCUT2D eigenvalue weighted by Gasteiger charge is -2.23.